The van der Waals surface area contributed by atoms with Gasteiger partial charge in [0.2, 0.25) is 0 Å². The van der Waals surface area contributed by atoms with E-state index in [2.05, 4.69) is 63.0 Å². The van der Waals surface area contributed by atoms with Crippen molar-refractivity contribution in [1.82, 2.24) is 19.7 Å². The van der Waals surface area contributed by atoms with Crippen LogP contribution in [0.1, 0.15) is 36.4 Å². The van der Waals surface area contributed by atoms with E-state index in [1.165, 1.54) is 18.4 Å². The Balaban J connectivity index is 1.63. The molecule has 1 atom stereocenters. The molecule has 28 heavy (non-hydrogen) atoms. The number of methoxy groups -OCH3 is 1. The number of thioether (sulfide) groups is 1. The maximum atomic E-state index is 5.38. The van der Waals surface area contributed by atoms with Gasteiger partial charge >= 0.3 is 0 Å². The summed E-state index contributed by atoms with van der Waals surface area (Å²) in [6.45, 7) is 5.33. The van der Waals surface area contributed by atoms with Crippen LogP contribution in [0.4, 0.5) is 0 Å². The van der Waals surface area contributed by atoms with Crippen molar-refractivity contribution in [2.75, 3.05) is 20.2 Å². The standard InChI is InChI=1S/C22H26N4OS/c1-17(18-9-8-12-20(15-18)27-2)28-22-24-23-21(16-25-13-6-7-14-25)26(22)19-10-4-3-5-11-19/h3-5,8-12,15,17H,6-7,13-14,16H2,1-2H3/t17-/m0/s1. The molecule has 1 fully saturated rings. The highest BCUT2D eigenvalue weighted by Gasteiger charge is 2.21. The summed E-state index contributed by atoms with van der Waals surface area (Å²) in [6, 6.07) is 18.6. The first-order valence-electron chi connectivity index (χ1n) is 9.77. The first kappa shape index (κ1) is 19.0. The van der Waals surface area contributed by atoms with Gasteiger partial charge in [-0.05, 0) is 62.7 Å². The van der Waals surface area contributed by atoms with Crippen LogP contribution in [0.2, 0.25) is 0 Å². The van der Waals surface area contributed by atoms with Crippen LogP contribution in [0.25, 0.3) is 5.69 Å². The van der Waals surface area contributed by atoms with Crippen LogP contribution < -0.4 is 4.74 Å². The molecule has 0 unspecified atom stereocenters. The quantitative estimate of drug-likeness (QED) is 0.542. The molecule has 0 spiro atoms. The largest absolute Gasteiger partial charge is 0.497 e. The average Bonchev–Trinajstić information content (AvgIpc) is 3.39. The molecular weight excluding hydrogens is 368 g/mol. The van der Waals surface area contributed by atoms with Crippen molar-refractivity contribution in [1.29, 1.82) is 0 Å². The number of benzene rings is 2. The zero-order chi connectivity index (χ0) is 19.3. The van der Waals surface area contributed by atoms with E-state index in [1.54, 1.807) is 18.9 Å². The Bertz CT molecular complexity index is 906. The fourth-order valence-electron chi connectivity index (χ4n) is 3.58. The normalized spacial score (nSPS) is 15.6. The number of hydrogen-bond donors (Lipinski definition) is 0. The summed E-state index contributed by atoms with van der Waals surface area (Å²) in [5, 5.41) is 10.3. The van der Waals surface area contributed by atoms with E-state index in [0.717, 1.165) is 42.1 Å². The Kier molecular flexibility index (Phi) is 5.98. The highest BCUT2D eigenvalue weighted by atomic mass is 32.2. The second kappa shape index (κ2) is 8.80. The Labute approximate surface area is 170 Å². The van der Waals surface area contributed by atoms with Crippen molar-refractivity contribution < 1.29 is 4.74 Å². The van der Waals surface area contributed by atoms with Crippen molar-refractivity contribution in [3.8, 4) is 11.4 Å². The van der Waals surface area contributed by atoms with E-state index in [0.29, 0.717) is 0 Å². The summed E-state index contributed by atoms with van der Waals surface area (Å²) < 4.78 is 7.59. The Morgan fingerprint density at radius 2 is 1.82 bits per heavy atom. The topological polar surface area (TPSA) is 43.2 Å². The first-order chi connectivity index (χ1) is 13.7. The van der Waals surface area contributed by atoms with Gasteiger partial charge in [0, 0.05) is 10.9 Å². The lowest BCUT2D eigenvalue weighted by Gasteiger charge is -2.17. The predicted molar refractivity (Wildman–Crippen MR) is 113 cm³/mol. The molecule has 2 heterocycles. The Morgan fingerprint density at radius 1 is 1.04 bits per heavy atom. The molecule has 5 nitrogen and oxygen atoms in total. The van der Waals surface area contributed by atoms with Gasteiger partial charge in [-0.3, -0.25) is 9.47 Å². The van der Waals surface area contributed by atoms with Gasteiger partial charge in [0.1, 0.15) is 5.75 Å². The fraction of sp³-hybridized carbons (Fsp3) is 0.364. The Hall–Kier alpha value is -2.31. The van der Waals surface area contributed by atoms with Gasteiger partial charge in [-0.2, -0.15) is 0 Å². The van der Waals surface area contributed by atoms with Crippen LogP contribution in [0, 0.1) is 0 Å². The highest BCUT2D eigenvalue weighted by Crippen LogP contribution is 2.36. The number of rotatable bonds is 7. The van der Waals surface area contributed by atoms with Crippen LogP contribution in [0.3, 0.4) is 0 Å². The summed E-state index contributed by atoms with van der Waals surface area (Å²) in [4.78, 5) is 2.46. The zero-order valence-corrected chi connectivity index (χ0v) is 17.2. The third-order valence-electron chi connectivity index (χ3n) is 5.12. The van der Waals surface area contributed by atoms with E-state index in [1.807, 2.05) is 18.2 Å². The molecule has 2 aromatic carbocycles. The maximum absolute atomic E-state index is 5.38. The molecule has 0 amide bonds. The van der Waals surface area contributed by atoms with Gasteiger partial charge in [0.15, 0.2) is 11.0 Å². The Morgan fingerprint density at radius 3 is 2.57 bits per heavy atom. The summed E-state index contributed by atoms with van der Waals surface area (Å²) in [5.74, 6) is 1.89. The van der Waals surface area contributed by atoms with Crippen molar-refractivity contribution >= 4 is 11.8 Å². The van der Waals surface area contributed by atoms with E-state index in [-0.39, 0.29) is 5.25 Å². The van der Waals surface area contributed by atoms with Crippen molar-refractivity contribution in [3.63, 3.8) is 0 Å². The van der Waals surface area contributed by atoms with Crippen LogP contribution in [-0.2, 0) is 6.54 Å². The summed E-state index contributed by atoms with van der Waals surface area (Å²) in [6.07, 6.45) is 2.54. The molecule has 0 bridgehead atoms. The van der Waals surface area contributed by atoms with E-state index >= 15 is 0 Å². The van der Waals surface area contributed by atoms with E-state index in [4.69, 9.17) is 4.74 Å². The van der Waals surface area contributed by atoms with Gasteiger partial charge in [-0.1, -0.05) is 42.1 Å². The second-order valence-corrected chi connectivity index (χ2v) is 8.40. The maximum Gasteiger partial charge on any atom is 0.196 e. The van der Waals surface area contributed by atoms with Gasteiger partial charge in [0.25, 0.3) is 0 Å². The summed E-state index contributed by atoms with van der Waals surface area (Å²) in [5.41, 5.74) is 2.33. The minimum atomic E-state index is 0.237. The molecular formula is C22H26N4OS. The molecule has 146 valence electrons. The fourth-order valence-corrected chi connectivity index (χ4v) is 4.58. The van der Waals surface area contributed by atoms with Crippen LogP contribution in [-0.4, -0.2) is 39.9 Å². The SMILES string of the molecule is COc1cccc([C@H](C)Sc2nnc(CN3CCCC3)n2-c2ccccc2)c1. The van der Waals surface area contributed by atoms with Crippen molar-refractivity contribution in [3.05, 3.63) is 66.0 Å². The minimum absolute atomic E-state index is 0.237. The number of ether oxygens (including phenoxy) is 1. The molecule has 3 aromatic rings. The van der Waals surface area contributed by atoms with Gasteiger partial charge in [0.05, 0.1) is 13.7 Å². The lowest BCUT2D eigenvalue weighted by molar-refractivity contribution is 0.319. The minimum Gasteiger partial charge on any atom is -0.497 e. The van der Waals surface area contributed by atoms with Gasteiger partial charge < -0.3 is 4.74 Å². The van der Waals surface area contributed by atoms with Crippen LogP contribution in [0.15, 0.2) is 59.8 Å². The highest BCUT2D eigenvalue weighted by molar-refractivity contribution is 7.99. The molecule has 1 aliphatic heterocycles. The van der Waals surface area contributed by atoms with Gasteiger partial charge in [-0.15, -0.1) is 10.2 Å². The lowest BCUT2D eigenvalue weighted by atomic mass is 10.1. The van der Waals surface area contributed by atoms with E-state index < -0.39 is 0 Å². The zero-order valence-electron chi connectivity index (χ0n) is 16.4. The lowest BCUT2D eigenvalue weighted by Crippen LogP contribution is -2.21. The monoisotopic (exact) mass is 394 g/mol. The van der Waals surface area contributed by atoms with Crippen molar-refractivity contribution in [2.24, 2.45) is 0 Å². The molecule has 1 aromatic heterocycles. The third-order valence-corrected chi connectivity index (χ3v) is 6.22. The number of likely N-dealkylation sites (tertiary alicyclic amines) is 1. The average molecular weight is 395 g/mol. The van der Waals surface area contributed by atoms with Crippen molar-refractivity contribution in [2.45, 2.75) is 36.7 Å². The molecule has 1 aliphatic rings. The predicted octanol–water partition coefficient (Wildman–Crippen LogP) is 4.73. The number of para-hydroxylation sites is 1. The molecule has 1 saturated heterocycles. The molecule has 0 aliphatic carbocycles. The molecule has 0 saturated carbocycles. The van der Waals surface area contributed by atoms with E-state index in [9.17, 15) is 0 Å². The smallest absolute Gasteiger partial charge is 0.196 e. The van der Waals surface area contributed by atoms with Crippen LogP contribution in [0.5, 0.6) is 5.75 Å². The second-order valence-electron chi connectivity index (χ2n) is 7.09. The summed E-state index contributed by atoms with van der Waals surface area (Å²) >= 11 is 1.73. The molecule has 6 heteroatoms. The first-order valence-corrected chi connectivity index (χ1v) is 10.7. The number of nitrogens with zero attached hydrogens (tertiary/aromatic N) is 4. The molecule has 0 radical (unpaired) electrons. The molecule has 0 N–H and O–H groups in total. The third kappa shape index (κ3) is 4.23. The molecule has 4 rings (SSSR count). The van der Waals surface area contributed by atoms with Crippen LogP contribution >= 0.6 is 11.8 Å². The van der Waals surface area contributed by atoms with Gasteiger partial charge in [-0.25, -0.2) is 0 Å². The number of aromatic nitrogens is 3. The number of hydrogen-bond acceptors (Lipinski definition) is 5. The summed E-state index contributed by atoms with van der Waals surface area (Å²) in [7, 11) is 1.70.